The summed E-state index contributed by atoms with van der Waals surface area (Å²) < 4.78 is 0. The van der Waals surface area contributed by atoms with E-state index in [2.05, 4.69) is 5.32 Å². The Bertz CT molecular complexity index is 786. The fourth-order valence-electron chi connectivity index (χ4n) is 7.41. The molecule has 2 unspecified atom stereocenters. The molecule has 4 aliphatic carbocycles. The van der Waals surface area contributed by atoms with Crippen molar-refractivity contribution in [2.75, 3.05) is 19.6 Å². The van der Waals surface area contributed by atoms with Gasteiger partial charge in [0.25, 0.3) is 5.69 Å². The van der Waals surface area contributed by atoms with Gasteiger partial charge in [0.05, 0.1) is 4.92 Å². The molecule has 1 aromatic rings. The van der Waals surface area contributed by atoms with Crippen LogP contribution in [0.1, 0.15) is 63.4 Å². The molecule has 1 aromatic carbocycles. The molecule has 0 aromatic heterocycles. The van der Waals surface area contributed by atoms with Gasteiger partial charge in [-0.3, -0.25) is 10.1 Å². The van der Waals surface area contributed by atoms with E-state index in [0.717, 1.165) is 50.7 Å². The van der Waals surface area contributed by atoms with Crippen LogP contribution in [0.2, 0.25) is 0 Å². The van der Waals surface area contributed by atoms with Crippen molar-refractivity contribution in [3.63, 3.8) is 0 Å². The van der Waals surface area contributed by atoms with E-state index in [1.54, 1.807) is 12.1 Å². The lowest BCUT2D eigenvalue weighted by Gasteiger charge is -2.62. The molecule has 1 saturated heterocycles. The van der Waals surface area contributed by atoms with Gasteiger partial charge in [-0.1, -0.05) is 12.1 Å². The molecule has 4 saturated carbocycles. The SMILES string of the molecule is O=C(NCC12CC3CC(C1)CC(c1ccc([N+](=O)[O-])cc1)(C3)C2)N1CCCCC1. The fraction of sp³-hybridized carbons (Fsp3) is 0.696. The maximum Gasteiger partial charge on any atom is 0.317 e. The molecule has 2 amide bonds. The molecule has 156 valence electrons. The molecule has 6 heteroatoms. The number of nitro groups is 1. The standard InChI is InChI=1S/C23H31N3O3/c27-21(25-8-2-1-3-9-25)24-16-22-11-17-10-18(12-22)14-23(13-17,15-22)19-4-6-20(7-5-19)26(28)29/h4-7,17-18H,1-3,8-16H2,(H,24,27). The number of likely N-dealkylation sites (tertiary alicyclic amines) is 1. The Morgan fingerprint density at radius 3 is 2.34 bits per heavy atom. The van der Waals surface area contributed by atoms with Crippen molar-refractivity contribution in [2.45, 2.75) is 63.2 Å². The summed E-state index contributed by atoms with van der Waals surface area (Å²) >= 11 is 0. The third-order valence-corrected chi connectivity index (χ3v) is 8.13. The first-order valence-corrected chi connectivity index (χ1v) is 11.2. The Morgan fingerprint density at radius 1 is 1.07 bits per heavy atom. The van der Waals surface area contributed by atoms with Crippen molar-refractivity contribution in [2.24, 2.45) is 17.3 Å². The van der Waals surface area contributed by atoms with E-state index in [4.69, 9.17) is 0 Å². The molecule has 29 heavy (non-hydrogen) atoms. The number of nitrogens with one attached hydrogen (secondary N) is 1. The van der Waals surface area contributed by atoms with Gasteiger partial charge in [0, 0.05) is 31.8 Å². The highest BCUT2D eigenvalue weighted by Crippen LogP contribution is 2.65. The second-order valence-electron chi connectivity index (χ2n) is 10.3. The first-order valence-electron chi connectivity index (χ1n) is 11.2. The number of hydrogen-bond acceptors (Lipinski definition) is 3. The second-order valence-corrected chi connectivity index (χ2v) is 10.3. The van der Waals surface area contributed by atoms with E-state index in [-0.39, 0.29) is 27.5 Å². The minimum absolute atomic E-state index is 0.116. The van der Waals surface area contributed by atoms with Crippen LogP contribution in [0.3, 0.4) is 0 Å². The second kappa shape index (κ2) is 6.99. The monoisotopic (exact) mass is 397 g/mol. The summed E-state index contributed by atoms with van der Waals surface area (Å²) in [7, 11) is 0. The minimum atomic E-state index is -0.318. The van der Waals surface area contributed by atoms with Gasteiger partial charge in [0.2, 0.25) is 0 Å². The van der Waals surface area contributed by atoms with Crippen LogP contribution in [-0.4, -0.2) is 35.5 Å². The number of rotatable bonds is 4. The average molecular weight is 398 g/mol. The molecular formula is C23H31N3O3. The summed E-state index contributed by atoms with van der Waals surface area (Å²) in [6.45, 7) is 2.55. The number of urea groups is 1. The summed E-state index contributed by atoms with van der Waals surface area (Å²) in [5, 5.41) is 14.4. The Morgan fingerprint density at radius 2 is 1.72 bits per heavy atom. The average Bonchev–Trinajstić information content (AvgIpc) is 2.72. The number of benzene rings is 1. The highest BCUT2D eigenvalue weighted by Gasteiger charge is 2.58. The first-order chi connectivity index (χ1) is 14.0. The molecule has 1 heterocycles. The molecule has 1 N–H and O–H groups in total. The highest BCUT2D eigenvalue weighted by molar-refractivity contribution is 5.74. The number of hydrogen-bond donors (Lipinski definition) is 1. The van der Waals surface area contributed by atoms with Crippen molar-refractivity contribution >= 4 is 11.7 Å². The molecule has 6 nitrogen and oxygen atoms in total. The fourth-order valence-corrected chi connectivity index (χ4v) is 7.41. The van der Waals surface area contributed by atoms with E-state index >= 15 is 0 Å². The number of carbonyl (C=O) groups excluding carboxylic acids is 1. The minimum Gasteiger partial charge on any atom is -0.337 e. The largest absolute Gasteiger partial charge is 0.337 e. The zero-order valence-corrected chi connectivity index (χ0v) is 17.1. The zero-order chi connectivity index (χ0) is 20.1. The van der Waals surface area contributed by atoms with Crippen molar-refractivity contribution in [1.82, 2.24) is 10.2 Å². The molecule has 0 radical (unpaired) electrons. The van der Waals surface area contributed by atoms with Gasteiger partial charge < -0.3 is 10.2 Å². The predicted octanol–water partition coefficient (Wildman–Crippen LogP) is 4.63. The normalized spacial score (nSPS) is 35.5. The van der Waals surface area contributed by atoms with Gasteiger partial charge in [-0.15, -0.1) is 0 Å². The van der Waals surface area contributed by atoms with Gasteiger partial charge in [0.1, 0.15) is 0 Å². The Hall–Kier alpha value is -2.11. The lowest BCUT2D eigenvalue weighted by molar-refractivity contribution is -0.384. The van der Waals surface area contributed by atoms with E-state index < -0.39 is 0 Å². The summed E-state index contributed by atoms with van der Waals surface area (Å²) in [6.07, 6.45) is 10.7. The molecule has 1 aliphatic heterocycles. The number of non-ortho nitro benzene ring substituents is 1. The molecule has 5 aliphatic rings. The van der Waals surface area contributed by atoms with Gasteiger partial charge in [0.15, 0.2) is 0 Å². The van der Waals surface area contributed by atoms with Crippen molar-refractivity contribution in [1.29, 1.82) is 0 Å². The molecule has 2 atom stereocenters. The first kappa shape index (κ1) is 18.9. The lowest BCUT2D eigenvalue weighted by atomic mass is 9.43. The van der Waals surface area contributed by atoms with Crippen LogP contribution < -0.4 is 5.32 Å². The van der Waals surface area contributed by atoms with Crippen molar-refractivity contribution in [3.8, 4) is 0 Å². The van der Waals surface area contributed by atoms with Crippen molar-refractivity contribution < 1.29 is 9.72 Å². The van der Waals surface area contributed by atoms with Gasteiger partial charge in [-0.2, -0.15) is 0 Å². The number of piperidine rings is 1. The number of nitro benzene ring substituents is 1. The van der Waals surface area contributed by atoms with E-state index in [9.17, 15) is 14.9 Å². The Labute approximate surface area is 172 Å². The quantitative estimate of drug-likeness (QED) is 0.594. The van der Waals surface area contributed by atoms with Crippen LogP contribution in [0.25, 0.3) is 0 Å². The van der Waals surface area contributed by atoms with Crippen LogP contribution in [0.15, 0.2) is 24.3 Å². The highest BCUT2D eigenvalue weighted by atomic mass is 16.6. The zero-order valence-electron chi connectivity index (χ0n) is 17.1. The third kappa shape index (κ3) is 3.40. The maximum atomic E-state index is 12.7. The van der Waals surface area contributed by atoms with Crippen LogP contribution in [0, 0.1) is 27.4 Å². The predicted molar refractivity (Wildman–Crippen MR) is 111 cm³/mol. The smallest absolute Gasteiger partial charge is 0.317 e. The summed E-state index contributed by atoms with van der Waals surface area (Å²) in [5.74, 6) is 1.44. The molecule has 5 fully saturated rings. The Kier molecular flexibility index (Phi) is 4.56. The topological polar surface area (TPSA) is 75.5 Å². The van der Waals surface area contributed by atoms with Crippen LogP contribution >= 0.6 is 0 Å². The molecule has 4 bridgehead atoms. The molecule has 0 spiro atoms. The van der Waals surface area contributed by atoms with E-state index in [1.165, 1.54) is 44.1 Å². The summed E-state index contributed by atoms with van der Waals surface area (Å²) in [5.41, 5.74) is 1.76. The van der Waals surface area contributed by atoms with Crippen LogP contribution in [0.4, 0.5) is 10.5 Å². The van der Waals surface area contributed by atoms with Crippen molar-refractivity contribution in [3.05, 3.63) is 39.9 Å². The molecule has 6 rings (SSSR count). The van der Waals surface area contributed by atoms with E-state index in [1.807, 2.05) is 17.0 Å². The number of carbonyl (C=O) groups is 1. The Balaban J connectivity index is 1.34. The number of nitrogens with zero attached hydrogens (tertiary/aromatic N) is 2. The van der Waals surface area contributed by atoms with Gasteiger partial charge in [-0.05, 0) is 86.0 Å². The summed E-state index contributed by atoms with van der Waals surface area (Å²) in [4.78, 5) is 25.4. The maximum absolute atomic E-state index is 12.7. The van der Waals surface area contributed by atoms with Crippen LogP contribution in [-0.2, 0) is 5.41 Å². The van der Waals surface area contributed by atoms with Gasteiger partial charge >= 0.3 is 6.03 Å². The molecular weight excluding hydrogens is 366 g/mol. The van der Waals surface area contributed by atoms with Gasteiger partial charge in [-0.25, -0.2) is 4.79 Å². The summed E-state index contributed by atoms with van der Waals surface area (Å²) in [6, 6.07) is 7.43. The number of amides is 2. The third-order valence-electron chi connectivity index (χ3n) is 8.13. The lowest BCUT2D eigenvalue weighted by Crippen LogP contribution is -2.58. The van der Waals surface area contributed by atoms with Crippen LogP contribution in [0.5, 0.6) is 0 Å². The van der Waals surface area contributed by atoms with E-state index in [0.29, 0.717) is 0 Å².